The van der Waals surface area contributed by atoms with Crippen LogP contribution in [0.1, 0.15) is 32.8 Å². The summed E-state index contributed by atoms with van der Waals surface area (Å²) < 4.78 is 0. The largest absolute Gasteiger partial charge is 0.338 e. The third-order valence-corrected chi connectivity index (χ3v) is 3.56. The van der Waals surface area contributed by atoms with Crippen LogP contribution in [0.15, 0.2) is 18.2 Å². The Morgan fingerprint density at radius 3 is 2.76 bits per heavy atom. The van der Waals surface area contributed by atoms with Gasteiger partial charge in [-0.1, -0.05) is 19.9 Å². The smallest absolute Gasteiger partial charge is 0.319 e. The molecule has 114 valence electrons. The quantitative estimate of drug-likeness (QED) is 0.898. The lowest BCUT2D eigenvalue weighted by atomic mass is 9.99. The molecule has 21 heavy (non-hydrogen) atoms. The van der Waals surface area contributed by atoms with Crippen molar-refractivity contribution in [2.75, 3.05) is 23.3 Å². The minimum Gasteiger partial charge on any atom is -0.338 e. The van der Waals surface area contributed by atoms with Gasteiger partial charge in [0.15, 0.2) is 0 Å². The molecular formula is C16H23N3O2. The van der Waals surface area contributed by atoms with E-state index in [-0.39, 0.29) is 17.9 Å². The predicted molar refractivity (Wildman–Crippen MR) is 84.6 cm³/mol. The average Bonchev–Trinajstić information content (AvgIpc) is 2.46. The number of nitrogens with zero attached hydrogens (tertiary/aromatic N) is 1. The topological polar surface area (TPSA) is 61.4 Å². The highest BCUT2D eigenvalue weighted by atomic mass is 16.2. The Balaban J connectivity index is 2.25. The Morgan fingerprint density at radius 1 is 1.33 bits per heavy atom. The highest BCUT2D eigenvalue weighted by molar-refractivity contribution is 5.97. The molecule has 1 aromatic rings. The summed E-state index contributed by atoms with van der Waals surface area (Å²) in [4.78, 5) is 25.8. The zero-order valence-electron chi connectivity index (χ0n) is 12.9. The van der Waals surface area contributed by atoms with Crippen LogP contribution >= 0.6 is 0 Å². The fourth-order valence-electron chi connectivity index (χ4n) is 2.53. The van der Waals surface area contributed by atoms with Crippen molar-refractivity contribution < 1.29 is 9.59 Å². The minimum absolute atomic E-state index is 0.0315. The van der Waals surface area contributed by atoms with Gasteiger partial charge < -0.3 is 15.5 Å². The number of urea groups is 1. The van der Waals surface area contributed by atoms with Crippen molar-refractivity contribution in [3.8, 4) is 0 Å². The van der Waals surface area contributed by atoms with Crippen LogP contribution in [0.2, 0.25) is 0 Å². The molecule has 0 aliphatic carbocycles. The van der Waals surface area contributed by atoms with Crippen LogP contribution < -0.4 is 15.5 Å². The maximum Gasteiger partial charge on any atom is 0.319 e. The van der Waals surface area contributed by atoms with E-state index in [4.69, 9.17) is 0 Å². The van der Waals surface area contributed by atoms with Gasteiger partial charge in [0.1, 0.15) is 0 Å². The van der Waals surface area contributed by atoms with Gasteiger partial charge in [-0.25, -0.2) is 4.79 Å². The Bertz CT molecular complexity index is 540. The number of carbonyl (C=O) groups excluding carboxylic acids is 2. The van der Waals surface area contributed by atoms with Gasteiger partial charge >= 0.3 is 6.03 Å². The van der Waals surface area contributed by atoms with Gasteiger partial charge in [-0.3, -0.25) is 4.79 Å². The fraction of sp³-hybridized carbons (Fsp3) is 0.500. The summed E-state index contributed by atoms with van der Waals surface area (Å²) in [6, 6.07) is 5.55. The monoisotopic (exact) mass is 289 g/mol. The second-order valence-electron chi connectivity index (χ2n) is 5.58. The van der Waals surface area contributed by atoms with E-state index in [0.717, 1.165) is 30.6 Å². The minimum atomic E-state index is -0.227. The van der Waals surface area contributed by atoms with Crippen LogP contribution in [-0.2, 0) is 11.2 Å². The molecule has 1 aliphatic rings. The van der Waals surface area contributed by atoms with Gasteiger partial charge in [0, 0.05) is 30.4 Å². The molecule has 3 amide bonds. The Morgan fingerprint density at radius 2 is 2.10 bits per heavy atom. The van der Waals surface area contributed by atoms with Crippen LogP contribution in [0.4, 0.5) is 16.2 Å². The first-order valence-corrected chi connectivity index (χ1v) is 7.52. The van der Waals surface area contributed by atoms with E-state index in [1.165, 1.54) is 0 Å². The van der Waals surface area contributed by atoms with Crippen molar-refractivity contribution in [1.82, 2.24) is 5.32 Å². The van der Waals surface area contributed by atoms with Gasteiger partial charge in [0.2, 0.25) is 5.91 Å². The molecule has 0 saturated carbocycles. The van der Waals surface area contributed by atoms with Gasteiger partial charge in [-0.05, 0) is 37.5 Å². The van der Waals surface area contributed by atoms with Gasteiger partial charge in [-0.2, -0.15) is 0 Å². The summed E-state index contributed by atoms with van der Waals surface area (Å²) in [5.41, 5.74) is 2.80. The molecule has 0 atom stereocenters. The van der Waals surface area contributed by atoms with E-state index >= 15 is 0 Å². The number of aryl methyl sites for hydroxylation is 1. The first-order chi connectivity index (χ1) is 10.0. The summed E-state index contributed by atoms with van der Waals surface area (Å²) in [5, 5.41) is 5.49. The molecular weight excluding hydrogens is 266 g/mol. The molecule has 5 heteroatoms. The van der Waals surface area contributed by atoms with Crippen LogP contribution in [0.5, 0.6) is 0 Å². The highest BCUT2D eigenvalue weighted by Crippen LogP contribution is 2.31. The van der Waals surface area contributed by atoms with E-state index < -0.39 is 0 Å². The molecule has 0 unspecified atom stereocenters. The van der Waals surface area contributed by atoms with E-state index in [0.29, 0.717) is 12.2 Å². The van der Waals surface area contributed by atoms with Crippen LogP contribution in [0.3, 0.4) is 0 Å². The zero-order chi connectivity index (χ0) is 15.4. The lowest BCUT2D eigenvalue weighted by molar-refractivity contribution is -0.121. The Kier molecular flexibility index (Phi) is 4.83. The van der Waals surface area contributed by atoms with Gasteiger partial charge in [0.25, 0.3) is 0 Å². The third-order valence-electron chi connectivity index (χ3n) is 3.56. The first-order valence-electron chi connectivity index (χ1n) is 7.52. The molecule has 2 rings (SSSR count). The van der Waals surface area contributed by atoms with E-state index in [1.54, 1.807) is 0 Å². The summed E-state index contributed by atoms with van der Waals surface area (Å²) in [6.45, 7) is 7.01. The van der Waals surface area contributed by atoms with Crippen molar-refractivity contribution in [2.24, 2.45) is 5.92 Å². The molecule has 2 N–H and O–H groups in total. The Labute approximate surface area is 125 Å². The number of nitrogens with one attached hydrogen (secondary N) is 2. The molecule has 0 radical (unpaired) electrons. The second kappa shape index (κ2) is 6.61. The van der Waals surface area contributed by atoms with Crippen molar-refractivity contribution in [2.45, 2.75) is 33.6 Å². The predicted octanol–water partition coefficient (Wildman–Crippen LogP) is 2.76. The van der Waals surface area contributed by atoms with Crippen LogP contribution in [0.25, 0.3) is 0 Å². The van der Waals surface area contributed by atoms with Crippen LogP contribution in [0, 0.1) is 5.92 Å². The molecule has 0 spiro atoms. The molecule has 0 saturated heterocycles. The SMILES string of the molecule is CCNC(=O)Nc1ccc2c(c1)N(C(=O)C(C)C)CCC2. The van der Waals surface area contributed by atoms with Gasteiger partial charge in [-0.15, -0.1) is 0 Å². The zero-order valence-corrected chi connectivity index (χ0v) is 12.9. The Hall–Kier alpha value is -2.04. The molecule has 0 fully saturated rings. The standard InChI is InChI=1S/C16H23N3O2/c1-4-17-16(21)18-13-8-7-12-6-5-9-19(14(12)10-13)15(20)11(2)3/h7-8,10-11H,4-6,9H2,1-3H3,(H2,17,18,21). The fourth-order valence-corrected chi connectivity index (χ4v) is 2.53. The number of amides is 3. The highest BCUT2D eigenvalue weighted by Gasteiger charge is 2.24. The van der Waals surface area contributed by atoms with E-state index in [9.17, 15) is 9.59 Å². The summed E-state index contributed by atoms with van der Waals surface area (Å²) >= 11 is 0. The van der Waals surface area contributed by atoms with Crippen molar-refractivity contribution in [3.05, 3.63) is 23.8 Å². The third kappa shape index (κ3) is 3.54. The number of hydrogen-bond donors (Lipinski definition) is 2. The molecule has 1 aliphatic heterocycles. The number of anilines is 2. The van der Waals surface area contributed by atoms with Gasteiger partial charge in [0.05, 0.1) is 0 Å². The lowest BCUT2D eigenvalue weighted by Crippen LogP contribution is -2.38. The number of carbonyl (C=O) groups is 2. The maximum atomic E-state index is 12.3. The molecule has 1 heterocycles. The number of rotatable bonds is 3. The maximum absolute atomic E-state index is 12.3. The normalized spacial score (nSPS) is 13.8. The molecule has 0 bridgehead atoms. The molecule has 0 aromatic heterocycles. The summed E-state index contributed by atoms with van der Waals surface area (Å²) in [6.07, 6.45) is 1.95. The number of fused-ring (bicyclic) bond motifs is 1. The van der Waals surface area contributed by atoms with Crippen molar-refractivity contribution in [3.63, 3.8) is 0 Å². The van der Waals surface area contributed by atoms with E-state index in [2.05, 4.69) is 10.6 Å². The first kappa shape index (κ1) is 15.4. The summed E-state index contributed by atoms with van der Waals surface area (Å²) in [7, 11) is 0. The van der Waals surface area contributed by atoms with Crippen molar-refractivity contribution >= 4 is 23.3 Å². The average molecular weight is 289 g/mol. The summed E-state index contributed by atoms with van der Waals surface area (Å²) in [5.74, 6) is 0.0991. The lowest BCUT2D eigenvalue weighted by Gasteiger charge is -2.31. The number of hydrogen-bond acceptors (Lipinski definition) is 2. The van der Waals surface area contributed by atoms with Crippen LogP contribution in [-0.4, -0.2) is 25.0 Å². The second-order valence-corrected chi connectivity index (χ2v) is 5.58. The van der Waals surface area contributed by atoms with E-state index in [1.807, 2.05) is 43.9 Å². The molecule has 5 nitrogen and oxygen atoms in total. The number of benzene rings is 1. The van der Waals surface area contributed by atoms with Crippen molar-refractivity contribution in [1.29, 1.82) is 0 Å². The molecule has 1 aromatic carbocycles.